The van der Waals surface area contributed by atoms with Gasteiger partial charge in [0.1, 0.15) is 5.75 Å². The molecule has 1 aromatic rings. The van der Waals surface area contributed by atoms with Crippen molar-refractivity contribution in [3.8, 4) is 5.75 Å². The molecule has 0 aliphatic carbocycles. The SMILES string of the molecule is Cc1ccc(OC(F)(F)C(F)(F)C(C)C)cc1. The number of alkyl halides is 4. The van der Waals surface area contributed by atoms with Crippen molar-refractivity contribution >= 4 is 0 Å². The first-order chi connectivity index (χ1) is 7.67. The first-order valence-electron chi connectivity index (χ1n) is 5.18. The second kappa shape index (κ2) is 4.55. The van der Waals surface area contributed by atoms with Crippen molar-refractivity contribution in [2.45, 2.75) is 32.8 Å². The summed E-state index contributed by atoms with van der Waals surface area (Å²) < 4.78 is 57.1. The molecule has 96 valence electrons. The Bertz CT molecular complexity index is 371. The molecule has 1 nitrogen and oxygen atoms in total. The van der Waals surface area contributed by atoms with Gasteiger partial charge < -0.3 is 4.74 Å². The molecule has 0 aliphatic rings. The molecule has 5 heteroatoms. The van der Waals surface area contributed by atoms with Crippen LogP contribution in [0.3, 0.4) is 0 Å². The van der Waals surface area contributed by atoms with Crippen LogP contribution in [0.4, 0.5) is 17.6 Å². The summed E-state index contributed by atoms with van der Waals surface area (Å²) >= 11 is 0. The third-order valence-corrected chi connectivity index (χ3v) is 2.38. The van der Waals surface area contributed by atoms with E-state index in [2.05, 4.69) is 4.74 Å². The van der Waals surface area contributed by atoms with Crippen LogP contribution in [0.15, 0.2) is 24.3 Å². The Morgan fingerprint density at radius 3 is 1.88 bits per heavy atom. The number of benzene rings is 1. The van der Waals surface area contributed by atoms with Crippen molar-refractivity contribution in [3.63, 3.8) is 0 Å². The van der Waals surface area contributed by atoms with E-state index in [4.69, 9.17) is 0 Å². The smallest absolute Gasteiger partial charge is 0.428 e. The van der Waals surface area contributed by atoms with Crippen LogP contribution < -0.4 is 4.74 Å². The quantitative estimate of drug-likeness (QED) is 0.725. The third-order valence-electron chi connectivity index (χ3n) is 2.38. The van der Waals surface area contributed by atoms with Crippen LogP contribution in [0, 0.1) is 12.8 Å². The summed E-state index contributed by atoms with van der Waals surface area (Å²) in [7, 11) is 0. The summed E-state index contributed by atoms with van der Waals surface area (Å²) in [6, 6.07) is 5.50. The van der Waals surface area contributed by atoms with Crippen molar-refractivity contribution in [1.29, 1.82) is 0 Å². The van der Waals surface area contributed by atoms with Crippen molar-refractivity contribution in [2.75, 3.05) is 0 Å². The summed E-state index contributed by atoms with van der Waals surface area (Å²) in [5, 5.41) is 0. The zero-order chi connectivity index (χ0) is 13.3. The van der Waals surface area contributed by atoms with Gasteiger partial charge in [0.05, 0.1) is 0 Å². The minimum atomic E-state index is -4.52. The molecule has 0 heterocycles. The number of ether oxygens (including phenoxy) is 1. The van der Waals surface area contributed by atoms with Gasteiger partial charge in [0.2, 0.25) is 0 Å². The maximum Gasteiger partial charge on any atom is 0.464 e. The van der Waals surface area contributed by atoms with Crippen molar-refractivity contribution in [3.05, 3.63) is 29.8 Å². The van der Waals surface area contributed by atoms with E-state index in [0.29, 0.717) is 0 Å². The van der Waals surface area contributed by atoms with Gasteiger partial charge in [0, 0.05) is 5.92 Å². The molecular formula is C12H14F4O. The topological polar surface area (TPSA) is 9.23 Å². The molecular weight excluding hydrogens is 236 g/mol. The first-order valence-corrected chi connectivity index (χ1v) is 5.18. The standard InChI is InChI=1S/C12H14F4O/c1-8(2)11(13,14)12(15,16)17-10-6-4-9(3)5-7-10/h4-8H,1-3H3. The normalized spacial score (nSPS) is 12.9. The van der Waals surface area contributed by atoms with E-state index in [9.17, 15) is 17.6 Å². The molecule has 0 N–H and O–H groups in total. The van der Waals surface area contributed by atoms with Crippen LogP contribution in [0.1, 0.15) is 19.4 Å². The Kier molecular flexibility index (Phi) is 3.69. The van der Waals surface area contributed by atoms with Gasteiger partial charge in [-0.1, -0.05) is 31.5 Å². The van der Waals surface area contributed by atoms with Crippen LogP contribution >= 0.6 is 0 Å². The molecule has 0 saturated carbocycles. The molecule has 0 radical (unpaired) electrons. The third kappa shape index (κ3) is 2.90. The van der Waals surface area contributed by atoms with E-state index >= 15 is 0 Å². The van der Waals surface area contributed by atoms with Crippen LogP contribution in [-0.4, -0.2) is 12.0 Å². The predicted octanol–water partition coefficient (Wildman–Crippen LogP) is 4.26. The molecule has 0 bridgehead atoms. The lowest BCUT2D eigenvalue weighted by Gasteiger charge is -2.29. The Morgan fingerprint density at radius 1 is 1.00 bits per heavy atom. The summed E-state index contributed by atoms with van der Waals surface area (Å²) in [5.74, 6) is -6.00. The van der Waals surface area contributed by atoms with Crippen LogP contribution in [0.5, 0.6) is 5.75 Å². The molecule has 1 rings (SSSR count). The van der Waals surface area contributed by atoms with E-state index in [-0.39, 0.29) is 5.75 Å². The van der Waals surface area contributed by atoms with Crippen LogP contribution in [0.25, 0.3) is 0 Å². The van der Waals surface area contributed by atoms with Crippen LogP contribution in [-0.2, 0) is 0 Å². The number of hydrogen-bond acceptors (Lipinski definition) is 1. The summed E-state index contributed by atoms with van der Waals surface area (Å²) in [6.45, 7) is 3.80. The lowest BCUT2D eigenvalue weighted by molar-refractivity contribution is -0.323. The lowest BCUT2D eigenvalue weighted by atomic mass is 10.1. The highest BCUT2D eigenvalue weighted by molar-refractivity contribution is 5.26. The second-order valence-electron chi connectivity index (χ2n) is 4.21. The zero-order valence-electron chi connectivity index (χ0n) is 9.81. The van der Waals surface area contributed by atoms with Crippen molar-refractivity contribution < 1.29 is 22.3 Å². The minimum Gasteiger partial charge on any atom is -0.428 e. The fourth-order valence-electron chi connectivity index (χ4n) is 1.16. The van der Waals surface area contributed by atoms with Gasteiger partial charge in [-0.15, -0.1) is 0 Å². The first kappa shape index (κ1) is 13.8. The fraction of sp³-hybridized carbons (Fsp3) is 0.500. The second-order valence-corrected chi connectivity index (χ2v) is 4.21. The van der Waals surface area contributed by atoms with Gasteiger partial charge in [-0.3, -0.25) is 0 Å². The molecule has 0 spiro atoms. The molecule has 1 aromatic carbocycles. The number of rotatable bonds is 4. The Balaban J connectivity index is 2.89. The highest BCUT2D eigenvalue weighted by atomic mass is 19.3. The number of halogens is 4. The molecule has 0 unspecified atom stereocenters. The Hall–Kier alpha value is -1.26. The zero-order valence-corrected chi connectivity index (χ0v) is 9.81. The summed E-state index contributed by atoms with van der Waals surface area (Å²) in [6.07, 6.45) is -4.52. The van der Waals surface area contributed by atoms with E-state index in [0.717, 1.165) is 19.4 Å². The van der Waals surface area contributed by atoms with Gasteiger partial charge >= 0.3 is 12.0 Å². The van der Waals surface area contributed by atoms with E-state index < -0.39 is 17.9 Å². The van der Waals surface area contributed by atoms with Crippen molar-refractivity contribution in [1.82, 2.24) is 0 Å². The maximum absolute atomic E-state index is 13.3. The van der Waals surface area contributed by atoms with Gasteiger partial charge in [-0.2, -0.15) is 17.6 Å². The Morgan fingerprint density at radius 2 is 1.47 bits per heavy atom. The molecule has 0 fully saturated rings. The van der Waals surface area contributed by atoms with E-state index in [1.165, 1.54) is 24.3 Å². The predicted molar refractivity (Wildman–Crippen MR) is 56.5 cm³/mol. The molecule has 0 aliphatic heterocycles. The Labute approximate surface area is 97.4 Å². The molecule has 0 saturated heterocycles. The average molecular weight is 250 g/mol. The highest BCUT2D eigenvalue weighted by Crippen LogP contribution is 2.41. The van der Waals surface area contributed by atoms with E-state index in [1.54, 1.807) is 6.92 Å². The van der Waals surface area contributed by atoms with Gasteiger partial charge in [0.15, 0.2) is 0 Å². The number of hydrogen-bond donors (Lipinski definition) is 0. The molecule has 0 amide bonds. The van der Waals surface area contributed by atoms with E-state index in [1.807, 2.05) is 0 Å². The summed E-state index contributed by atoms with van der Waals surface area (Å²) in [4.78, 5) is 0. The largest absolute Gasteiger partial charge is 0.464 e. The molecule has 17 heavy (non-hydrogen) atoms. The fourth-order valence-corrected chi connectivity index (χ4v) is 1.16. The van der Waals surface area contributed by atoms with Crippen LogP contribution in [0.2, 0.25) is 0 Å². The monoisotopic (exact) mass is 250 g/mol. The molecule has 0 atom stereocenters. The van der Waals surface area contributed by atoms with Crippen molar-refractivity contribution in [2.24, 2.45) is 5.92 Å². The highest BCUT2D eigenvalue weighted by Gasteiger charge is 2.61. The number of aryl methyl sites for hydroxylation is 1. The molecule has 0 aromatic heterocycles. The average Bonchev–Trinajstić information content (AvgIpc) is 2.20. The van der Waals surface area contributed by atoms with Gasteiger partial charge in [0.25, 0.3) is 0 Å². The maximum atomic E-state index is 13.3. The van der Waals surface area contributed by atoms with Gasteiger partial charge in [-0.05, 0) is 19.1 Å². The minimum absolute atomic E-state index is 0.277. The van der Waals surface area contributed by atoms with Gasteiger partial charge in [-0.25, -0.2) is 0 Å². The summed E-state index contributed by atoms with van der Waals surface area (Å²) in [5.41, 5.74) is 0.830. The lowest BCUT2D eigenvalue weighted by Crippen LogP contribution is -2.48.